The van der Waals surface area contributed by atoms with Crippen LogP contribution in [0, 0.1) is 10.1 Å². The fourth-order valence-electron chi connectivity index (χ4n) is 1.63. The summed E-state index contributed by atoms with van der Waals surface area (Å²) in [5.74, 6) is 0.396. The molecule has 2 aromatic carbocycles. The maximum Gasteiger partial charge on any atom is 0.280 e. The molecule has 0 amide bonds. The molecule has 2 aromatic rings. The van der Waals surface area contributed by atoms with E-state index in [0.717, 1.165) is 5.56 Å². The number of nitrogens with zero attached hydrogens (tertiary/aromatic N) is 1. The highest BCUT2D eigenvalue weighted by Crippen LogP contribution is 2.23. The molecule has 0 heterocycles. The van der Waals surface area contributed by atoms with E-state index in [1.807, 2.05) is 12.1 Å². The van der Waals surface area contributed by atoms with Gasteiger partial charge in [0.1, 0.15) is 12.4 Å². The first-order chi connectivity index (χ1) is 9.60. The SMILES string of the molecule is O=Cc1cc(OCc2ccc(Cl)cc2)ccc1[N+](=O)[O-]. The Balaban J connectivity index is 2.12. The van der Waals surface area contributed by atoms with E-state index in [0.29, 0.717) is 17.1 Å². The van der Waals surface area contributed by atoms with E-state index in [2.05, 4.69) is 0 Å². The minimum atomic E-state index is -0.604. The highest BCUT2D eigenvalue weighted by molar-refractivity contribution is 6.30. The number of aldehydes is 1. The zero-order valence-corrected chi connectivity index (χ0v) is 11.0. The molecule has 0 bridgehead atoms. The second-order valence-corrected chi connectivity index (χ2v) is 4.45. The molecule has 0 aromatic heterocycles. The molecule has 0 saturated heterocycles. The topological polar surface area (TPSA) is 69.4 Å². The largest absolute Gasteiger partial charge is 0.489 e. The second kappa shape index (κ2) is 6.16. The van der Waals surface area contributed by atoms with Gasteiger partial charge in [0.15, 0.2) is 6.29 Å². The van der Waals surface area contributed by atoms with Gasteiger partial charge in [-0.25, -0.2) is 0 Å². The number of benzene rings is 2. The Kier molecular flexibility index (Phi) is 4.32. The van der Waals surface area contributed by atoms with Crippen molar-refractivity contribution in [1.29, 1.82) is 0 Å². The van der Waals surface area contributed by atoms with Crippen LogP contribution in [0.4, 0.5) is 5.69 Å². The summed E-state index contributed by atoms with van der Waals surface area (Å²) in [5, 5.41) is 11.3. The number of nitro groups is 1. The van der Waals surface area contributed by atoms with Crippen molar-refractivity contribution >= 4 is 23.6 Å². The number of rotatable bonds is 5. The first kappa shape index (κ1) is 14.0. The Morgan fingerprint density at radius 2 is 1.90 bits per heavy atom. The zero-order valence-electron chi connectivity index (χ0n) is 10.3. The smallest absolute Gasteiger partial charge is 0.280 e. The molecule has 0 fully saturated rings. The quantitative estimate of drug-likeness (QED) is 0.479. The van der Waals surface area contributed by atoms with Gasteiger partial charge in [0.05, 0.1) is 10.5 Å². The van der Waals surface area contributed by atoms with Gasteiger partial charge in [-0.2, -0.15) is 0 Å². The predicted octanol–water partition coefficient (Wildman–Crippen LogP) is 3.64. The molecule has 0 unspecified atom stereocenters. The average Bonchev–Trinajstić information content (AvgIpc) is 2.46. The van der Waals surface area contributed by atoms with E-state index >= 15 is 0 Å². The van der Waals surface area contributed by atoms with Gasteiger partial charge in [0, 0.05) is 11.1 Å². The summed E-state index contributed by atoms with van der Waals surface area (Å²) in [6.07, 6.45) is 0.438. The summed E-state index contributed by atoms with van der Waals surface area (Å²) in [6.45, 7) is 0.285. The second-order valence-electron chi connectivity index (χ2n) is 4.01. The Bertz CT molecular complexity index is 640. The molecule has 0 atom stereocenters. The van der Waals surface area contributed by atoms with Crippen LogP contribution in [0.15, 0.2) is 42.5 Å². The molecule has 0 spiro atoms. The van der Waals surface area contributed by atoms with Crippen LogP contribution < -0.4 is 4.74 Å². The summed E-state index contributed by atoms with van der Waals surface area (Å²) in [6, 6.07) is 11.2. The van der Waals surface area contributed by atoms with Crippen molar-refractivity contribution in [2.24, 2.45) is 0 Å². The van der Waals surface area contributed by atoms with Crippen LogP contribution in [0.1, 0.15) is 15.9 Å². The fourth-order valence-corrected chi connectivity index (χ4v) is 1.76. The lowest BCUT2D eigenvalue weighted by molar-refractivity contribution is -0.385. The van der Waals surface area contributed by atoms with Crippen LogP contribution in [-0.4, -0.2) is 11.2 Å². The van der Waals surface area contributed by atoms with Gasteiger partial charge in [0.25, 0.3) is 5.69 Å². The van der Waals surface area contributed by atoms with Crippen LogP contribution in [-0.2, 0) is 6.61 Å². The van der Waals surface area contributed by atoms with Gasteiger partial charge in [-0.15, -0.1) is 0 Å². The van der Waals surface area contributed by atoms with Crippen molar-refractivity contribution in [3.8, 4) is 5.75 Å². The summed E-state index contributed by atoms with van der Waals surface area (Å²) in [4.78, 5) is 20.9. The lowest BCUT2D eigenvalue weighted by Gasteiger charge is -2.07. The van der Waals surface area contributed by atoms with Gasteiger partial charge >= 0.3 is 0 Å². The molecular formula is C14H10ClNO4. The molecular weight excluding hydrogens is 282 g/mol. The molecule has 0 radical (unpaired) electrons. The fraction of sp³-hybridized carbons (Fsp3) is 0.0714. The number of carbonyl (C=O) groups excluding carboxylic acids is 1. The van der Waals surface area contributed by atoms with Gasteiger partial charge in [-0.1, -0.05) is 23.7 Å². The predicted molar refractivity (Wildman–Crippen MR) is 74.3 cm³/mol. The van der Waals surface area contributed by atoms with Crippen molar-refractivity contribution in [2.75, 3.05) is 0 Å². The first-order valence-electron chi connectivity index (χ1n) is 5.71. The zero-order chi connectivity index (χ0) is 14.5. The molecule has 6 heteroatoms. The van der Waals surface area contributed by atoms with Crippen LogP contribution in [0.2, 0.25) is 5.02 Å². The molecule has 0 saturated carbocycles. The molecule has 102 valence electrons. The summed E-state index contributed by atoms with van der Waals surface area (Å²) in [7, 11) is 0. The molecule has 0 aliphatic carbocycles. The van der Waals surface area contributed by atoms with Crippen LogP contribution in [0.25, 0.3) is 0 Å². The number of carbonyl (C=O) groups is 1. The van der Waals surface area contributed by atoms with Crippen molar-refractivity contribution in [2.45, 2.75) is 6.61 Å². The third kappa shape index (κ3) is 3.33. The minimum absolute atomic E-state index is 0.0105. The maximum absolute atomic E-state index is 10.8. The van der Waals surface area contributed by atoms with Crippen LogP contribution in [0.3, 0.4) is 0 Å². The molecule has 5 nitrogen and oxygen atoms in total. The highest BCUT2D eigenvalue weighted by Gasteiger charge is 2.13. The Morgan fingerprint density at radius 1 is 1.20 bits per heavy atom. The number of hydrogen-bond donors (Lipinski definition) is 0. The third-order valence-electron chi connectivity index (χ3n) is 2.64. The highest BCUT2D eigenvalue weighted by atomic mass is 35.5. The number of ether oxygens (including phenoxy) is 1. The maximum atomic E-state index is 10.8. The summed E-state index contributed by atoms with van der Waals surface area (Å²) in [5.41, 5.74) is 0.655. The summed E-state index contributed by atoms with van der Waals surface area (Å²) >= 11 is 5.77. The lowest BCUT2D eigenvalue weighted by atomic mass is 10.2. The molecule has 0 aliphatic heterocycles. The van der Waals surface area contributed by atoms with Gasteiger partial charge in [-0.05, 0) is 29.8 Å². The summed E-state index contributed by atoms with van der Waals surface area (Å²) < 4.78 is 5.48. The van der Waals surface area contributed by atoms with Crippen molar-refractivity contribution in [3.05, 3.63) is 68.7 Å². The number of nitro benzene ring substituents is 1. The Labute approximate surface area is 119 Å². The van der Waals surface area contributed by atoms with Gasteiger partial charge < -0.3 is 4.74 Å². The van der Waals surface area contributed by atoms with Crippen molar-refractivity contribution < 1.29 is 14.5 Å². The van der Waals surface area contributed by atoms with E-state index < -0.39 is 4.92 Å². The van der Waals surface area contributed by atoms with E-state index in [4.69, 9.17) is 16.3 Å². The Morgan fingerprint density at radius 3 is 2.50 bits per heavy atom. The molecule has 0 N–H and O–H groups in total. The number of halogens is 1. The van der Waals surface area contributed by atoms with Gasteiger partial charge in [-0.3, -0.25) is 14.9 Å². The van der Waals surface area contributed by atoms with Gasteiger partial charge in [0.2, 0.25) is 0 Å². The van der Waals surface area contributed by atoms with E-state index in [-0.39, 0.29) is 17.9 Å². The Hall–Kier alpha value is -2.40. The standard InChI is InChI=1S/C14H10ClNO4/c15-12-3-1-10(2-4-12)9-20-13-5-6-14(16(18)19)11(7-13)8-17/h1-8H,9H2. The van der Waals surface area contributed by atoms with Crippen molar-refractivity contribution in [3.63, 3.8) is 0 Å². The number of hydrogen-bond acceptors (Lipinski definition) is 4. The van der Waals surface area contributed by atoms with Crippen LogP contribution >= 0.6 is 11.6 Å². The minimum Gasteiger partial charge on any atom is -0.489 e. The molecule has 2 rings (SSSR count). The monoisotopic (exact) mass is 291 g/mol. The molecule has 20 heavy (non-hydrogen) atoms. The third-order valence-corrected chi connectivity index (χ3v) is 2.89. The first-order valence-corrected chi connectivity index (χ1v) is 6.09. The lowest BCUT2D eigenvalue weighted by Crippen LogP contribution is -1.98. The average molecular weight is 292 g/mol. The normalized spacial score (nSPS) is 10.1. The molecule has 0 aliphatic rings. The van der Waals surface area contributed by atoms with Crippen molar-refractivity contribution in [1.82, 2.24) is 0 Å². The van der Waals surface area contributed by atoms with E-state index in [1.54, 1.807) is 12.1 Å². The van der Waals surface area contributed by atoms with Crippen LogP contribution in [0.5, 0.6) is 5.75 Å². The van der Waals surface area contributed by atoms with E-state index in [1.165, 1.54) is 18.2 Å². The van der Waals surface area contributed by atoms with E-state index in [9.17, 15) is 14.9 Å².